The van der Waals surface area contributed by atoms with Crippen molar-refractivity contribution in [2.24, 2.45) is 0 Å². The number of halogens is 1. The average molecular weight is 260 g/mol. The van der Waals surface area contributed by atoms with Crippen LogP contribution in [0.15, 0.2) is 18.2 Å². The van der Waals surface area contributed by atoms with Crippen molar-refractivity contribution < 1.29 is 17.9 Å². The van der Waals surface area contributed by atoms with Gasteiger partial charge in [-0.15, -0.1) is 0 Å². The topological polar surface area (TPSA) is 54.4 Å². The fraction of sp³-hybridized carbons (Fsp3) is 0.500. The number of aryl methyl sites for hydroxylation is 1. The van der Waals surface area contributed by atoms with Crippen LogP contribution in [0.1, 0.15) is 31.1 Å². The highest BCUT2D eigenvalue weighted by Crippen LogP contribution is 2.33. The van der Waals surface area contributed by atoms with Gasteiger partial charge in [0.15, 0.2) is 9.84 Å². The van der Waals surface area contributed by atoms with Gasteiger partial charge < -0.3 is 5.11 Å². The summed E-state index contributed by atoms with van der Waals surface area (Å²) in [6.45, 7) is 4.56. The highest BCUT2D eigenvalue weighted by Gasteiger charge is 2.39. The minimum atomic E-state index is -3.45. The molecule has 0 bridgehead atoms. The van der Waals surface area contributed by atoms with Gasteiger partial charge in [-0.3, -0.25) is 0 Å². The fourth-order valence-electron chi connectivity index (χ4n) is 1.48. The highest BCUT2D eigenvalue weighted by atomic mass is 32.2. The molecule has 17 heavy (non-hydrogen) atoms. The summed E-state index contributed by atoms with van der Waals surface area (Å²) in [6, 6.07) is 3.97. The zero-order chi connectivity index (χ0) is 13.4. The highest BCUT2D eigenvalue weighted by molar-refractivity contribution is 7.92. The van der Waals surface area contributed by atoms with Gasteiger partial charge in [-0.1, -0.05) is 6.07 Å². The summed E-state index contributed by atoms with van der Waals surface area (Å²) in [6.07, 6.45) is -0.196. The maximum Gasteiger partial charge on any atom is 0.155 e. The second kappa shape index (κ2) is 4.38. The van der Waals surface area contributed by atoms with Crippen molar-refractivity contribution >= 4 is 9.84 Å². The Morgan fingerprint density at radius 1 is 1.35 bits per heavy atom. The summed E-state index contributed by atoms with van der Waals surface area (Å²) >= 11 is 0. The lowest BCUT2D eigenvalue weighted by atomic mass is 9.94. The summed E-state index contributed by atoms with van der Waals surface area (Å²) < 4.78 is 35.0. The molecule has 1 rings (SSSR count). The van der Waals surface area contributed by atoms with Crippen LogP contribution in [-0.2, 0) is 9.84 Å². The maximum absolute atomic E-state index is 13.1. The Kier molecular flexibility index (Phi) is 3.64. The molecular formula is C12H17FO3S. The summed E-state index contributed by atoms with van der Waals surface area (Å²) in [4.78, 5) is 0. The van der Waals surface area contributed by atoms with Crippen LogP contribution in [-0.4, -0.2) is 24.5 Å². The largest absolute Gasteiger partial charge is 0.387 e. The Morgan fingerprint density at radius 2 is 1.88 bits per heavy atom. The third-order valence-corrected chi connectivity index (χ3v) is 5.28. The van der Waals surface area contributed by atoms with Gasteiger partial charge >= 0.3 is 0 Å². The number of hydrogen-bond acceptors (Lipinski definition) is 3. The van der Waals surface area contributed by atoms with Crippen LogP contribution >= 0.6 is 0 Å². The van der Waals surface area contributed by atoms with Gasteiger partial charge in [-0.25, -0.2) is 12.8 Å². The first kappa shape index (κ1) is 14.1. The molecule has 0 radical (unpaired) electrons. The molecule has 0 saturated heterocycles. The van der Waals surface area contributed by atoms with Crippen LogP contribution in [0.4, 0.5) is 4.39 Å². The van der Waals surface area contributed by atoms with Crippen molar-refractivity contribution in [2.45, 2.75) is 31.6 Å². The molecule has 1 unspecified atom stereocenters. The minimum Gasteiger partial charge on any atom is -0.387 e. The molecule has 1 aromatic rings. The number of benzene rings is 1. The van der Waals surface area contributed by atoms with Gasteiger partial charge in [-0.05, 0) is 44.0 Å². The van der Waals surface area contributed by atoms with Gasteiger partial charge in [0, 0.05) is 6.26 Å². The van der Waals surface area contributed by atoms with E-state index in [4.69, 9.17) is 0 Å². The maximum atomic E-state index is 13.1. The van der Waals surface area contributed by atoms with E-state index in [9.17, 15) is 17.9 Å². The lowest BCUT2D eigenvalue weighted by molar-refractivity contribution is 0.138. The number of aliphatic hydroxyl groups excluding tert-OH is 1. The number of rotatable bonds is 3. The van der Waals surface area contributed by atoms with Crippen molar-refractivity contribution in [3.63, 3.8) is 0 Å². The van der Waals surface area contributed by atoms with E-state index in [0.29, 0.717) is 11.1 Å². The summed E-state index contributed by atoms with van der Waals surface area (Å²) in [5, 5.41) is 10.1. The Labute approximate surface area is 101 Å². The molecule has 0 saturated carbocycles. The molecule has 1 N–H and O–H groups in total. The Morgan fingerprint density at radius 3 is 2.35 bits per heavy atom. The fourth-order valence-corrected chi connectivity index (χ4v) is 2.02. The van der Waals surface area contributed by atoms with Gasteiger partial charge in [-0.2, -0.15) is 0 Å². The van der Waals surface area contributed by atoms with E-state index in [1.54, 1.807) is 6.92 Å². The van der Waals surface area contributed by atoms with Crippen LogP contribution in [0, 0.1) is 12.7 Å². The van der Waals surface area contributed by atoms with Crippen molar-refractivity contribution in [2.75, 3.05) is 6.26 Å². The molecular weight excluding hydrogens is 243 g/mol. The first-order chi connectivity index (χ1) is 7.57. The Bertz CT molecular complexity index is 521. The Balaban J connectivity index is 3.30. The molecule has 1 aromatic carbocycles. The third kappa shape index (κ3) is 2.66. The summed E-state index contributed by atoms with van der Waals surface area (Å²) in [5.41, 5.74) is 0.969. The SMILES string of the molecule is Cc1ccc(F)cc1C(O)C(C)(C)S(C)(=O)=O. The van der Waals surface area contributed by atoms with E-state index >= 15 is 0 Å². The molecule has 3 nitrogen and oxygen atoms in total. The number of hydrogen-bond donors (Lipinski definition) is 1. The van der Waals surface area contributed by atoms with Crippen LogP contribution in [0.5, 0.6) is 0 Å². The first-order valence-corrected chi connectivity index (χ1v) is 7.10. The number of aliphatic hydroxyl groups is 1. The molecule has 0 amide bonds. The lowest BCUT2D eigenvalue weighted by Crippen LogP contribution is -2.38. The van der Waals surface area contributed by atoms with Gasteiger partial charge in [0.25, 0.3) is 0 Å². The van der Waals surface area contributed by atoms with Crippen LogP contribution in [0.3, 0.4) is 0 Å². The molecule has 0 aliphatic carbocycles. The van der Waals surface area contributed by atoms with Crippen molar-refractivity contribution in [1.29, 1.82) is 0 Å². The van der Waals surface area contributed by atoms with E-state index in [0.717, 1.165) is 6.26 Å². The van der Waals surface area contributed by atoms with Gasteiger partial charge in [0.05, 0.1) is 10.9 Å². The Hall–Kier alpha value is -0.940. The molecule has 0 aromatic heterocycles. The van der Waals surface area contributed by atoms with Crippen molar-refractivity contribution in [1.82, 2.24) is 0 Å². The molecule has 0 aliphatic heterocycles. The quantitative estimate of drug-likeness (QED) is 0.904. The van der Waals surface area contributed by atoms with E-state index in [2.05, 4.69) is 0 Å². The van der Waals surface area contributed by atoms with Gasteiger partial charge in [0.2, 0.25) is 0 Å². The van der Waals surface area contributed by atoms with Crippen LogP contribution in [0.2, 0.25) is 0 Å². The number of sulfone groups is 1. The smallest absolute Gasteiger partial charge is 0.155 e. The molecule has 5 heteroatoms. The van der Waals surface area contributed by atoms with E-state index < -0.39 is 26.5 Å². The minimum absolute atomic E-state index is 0.306. The van der Waals surface area contributed by atoms with E-state index in [1.165, 1.54) is 32.0 Å². The first-order valence-electron chi connectivity index (χ1n) is 5.21. The predicted octanol–water partition coefficient (Wildman–Crippen LogP) is 1.99. The molecule has 1 atom stereocenters. The third-order valence-electron chi connectivity index (χ3n) is 3.15. The molecule has 0 aliphatic rings. The lowest BCUT2D eigenvalue weighted by Gasteiger charge is -2.29. The second-order valence-electron chi connectivity index (χ2n) is 4.78. The van der Waals surface area contributed by atoms with E-state index in [-0.39, 0.29) is 0 Å². The molecule has 0 fully saturated rings. The summed E-state index contributed by atoms with van der Waals surface area (Å²) in [5.74, 6) is -0.492. The summed E-state index contributed by atoms with van der Waals surface area (Å²) in [7, 11) is -3.45. The van der Waals surface area contributed by atoms with Gasteiger partial charge in [0.1, 0.15) is 5.82 Å². The average Bonchev–Trinajstić information content (AvgIpc) is 2.19. The second-order valence-corrected chi connectivity index (χ2v) is 7.38. The van der Waals surface area contributed by atoms with Crippen LogP contribution in [0.25, 0.3) is 0 Å². The monoisotopic (exact) mass is 260 g/mol. The van der Waals surface area contributed by atoms with Crippen molar-refractivity contribution in [3.8, 4) is 0 Å². The van der Waals surface area contributed by atoms with Crippen molar-refractivity contribution in [3.05, 3.63) is 35.1 Å². The zero-order valence-electron chi connectivity index (χ0n) is 10.4. The normalized spacial score (nSPS) is 14.7. The zero-order valence-corrected chi connectivity index (χ0v) is 11.2. The molecule has 96 valence electrons. The standard InChI is InChI=1S/C12H17FO3S/c1-8-5-6-9(13)7-10(8)11(14)12(2,3)17(4,15)16/h5-7,11,14H,1-4H3. The van der Waals surface area contributed by atoms with E-state index in [1.807, 2.05) is 0 Å². The predicted molar refractivity (Wildman–Crippen MR) is 65.0 cm³/mol. The molecule has 0 heterocycles. The van der Waals surface area contributed by atoms with Crippen LogP contribution < -0.4 is 0 Å². The molecule has 0 spiro atoms.